The molecule has 1 aliphatic rings. The number of rotatable bonds is 9. The SMILES string of the molecule is COCCC1C(CCOC)C1C(C)Sc1cc(C)ccc1N. The third-order valence-corrected chi connectivity index (χ3v) is 6.03. The summed E-state index contributed by atoms with van der Waals surface area (Å²) >= 11 is 1.92. The lowest BCUT2D eigenvalue weighted by molar-refractivity contribution is 0.177. The van der Waals surface area contributed by atoms with Gasteiger partial charge in [-0.25, -0.2) is 0 Å². The molecule has 1 saturated carbocycles. The van der Waals surface area contributed by atoms with Gasteiger partial charge in [0, 0.05) is 43.3 Å². The molecule has 22 heavy (non-hydrogen) atoms. The van der Waals surface area contributed by atoms with Crippen LogP contribution in [0.15, 0.2) is 23.1 Å². The fraction of sp³-hybridized carbons (Fsp3) is 0.667. The van der Waals surface area contributed by atoms with E-state index < -0.39 is 0 Å². The van der Waals surface area contributed by atoms with Gasteiger partial charge in [-0.05, 0) is 55.2 Å². The van der Waals surface area contributed by atoms with E-state index in [2.05, 4.69) is 26.0 Å². The van der Waals surface area contributed by atoms with E-state index in [-0.39, 0.29) is 0 Å². The molecule has 1 aromatic carbocycles. The van der Waals surface area contributed by atoms with Gasteiger partial charge in [0.1, 0.15) is 0 Å². The smallest absolute Gasteiger partial charge is 0.0465 e. The number of benzene rings is 1. The zero-order chi connectivity index (χ0) is 16.1. The van der Waals surface area contributed by atoms with Crippen LogP contribution in [0, 0.1) is 24.7 Å². The van der Waals surface area contributed by atoms with E-state index in [9.17, 15) is 0 Å². The monoisotopic (exact) mass is 323 g/mol. The minimum Gasteiger partial charge on any atom is -0.398 e. The number of nitrogens with two attached hydrogens (primary N) is 1. The molecular formula is C18H29NO2S. The van der Waals surface area contributed by atoms with E-state index in [0.29, 0.717) is 5.25 Å². The summed E-state index contributed by atoms with van der Waals surface area (Å²) < 4.78 is 10.5. The van der Waals surface area contributed by atoms with Crippen molar-refractivity contribution in [2.45, 2.75) is 36.8 Å². The maximum Gasteiger partial charge on any atom is 0.0465 e. The van der Waals surface area contributed by atoms with Crippen LogP contribution in [0.2, 0.25) is 0 Å². The molecule has 0 aliphatic heterocycles. The summed E-state index contributed by atoms with van der Waals surface area (Å²) in [5.74, 6) is 2.28. The molecule has 124 valence electrons. The maximum absolute atomic E-state index is 6.13. The average Bonchev–Trinajstić information content (AvgIpc) is 3.19. The van der Waals surface area contributed by atoms with E-state index in [4.69, 9.17) is 15.2 Å². The van der Waals surface area contributed by atoms with Crippen LogP contribution in [0.5, 0.6) is 0 Å². The van der Waals surface area contributed by atoms with E-state index in [1.165, 1.54) is 10.5 Å². The molecule has 3 unspecified atom stereocenters. The summed E-state index contributed by atoms with van der Waals surface area (Å²) in [6.45, 7) is 6.17. The van der Waals surface area contributed by atoms with Gasteiger partial charge in [0.15, 0.2) is 0 Å². The van der Waals surface area contributed by atoms with E-state index in [1.807, 2.05) is 17.8 Å². The first-order valence-electron chi connectivity index (χ1n) is 8.09. The summed E-state index contributed by atoms with van der Waals surface area (Å²) in [4.78, 5) is 1.22. The van der Waals surface area contributed by atoms with E-state index in [0.717, 1.165) is 49.5 Å². The van der Waals surface area contributed by atoms with Crippen LogP contribution in [0.3, 0.4) is 0 Å². The summed E-state index contributed by atoms with van der Waals surface area (Å²) in [6.07, 6.45) is 2.31. The standard InChI is InChI=1S/C18H29NO2S/c1-12-5-6-16(19)17(11-12)22-13(2)18-14(7-9-20-3)15(18)8-10-21-4/h5-6,11,13-15,18H,7-10,19H2,1-4H3. The Bertz CT molecular complexity index is 466. The van der Waals surface area contributed by atoms with Crippen LogP contribution >= 0.6 is 11.8 Å². The molecule has 2 rings (SSSR count). The van der Waals surface area contributed by atoms with Crippen LogP contribution in [0.1, 0.15) is 25.3 Å². The number of nitrogen functional groups attached to an aromatic ring is 1. The Balaban J connectivity index is 1.97. The summed E-state index contributed by atoms with van der Waals surface area (Å²) in [7, 11) is 3.57. The van der Waals surface area contributed by atoms with Crippen molar-refractivity contribution in [2.75, 3.05) is 33.2 Å². The molecule has 0 heterocycles. The molecular weight excluding hydrogens is 294 g/mol. The predicted molar refractivity (Wildman–Crippen MR) is 94.4 cm³/mol. The van der Waals surface area contributed by atoms with Gasteiger partial charge >= 0.3 is 0 Å². The Labute approximate surface area is 138 Å². The first-order valence-corrected chi connectivity index (χ1v) is 8.97. The van der Waals surface area contributed by atoms with Gasteiger partial charge in [0.05, 0.1) is 0 Å². The highest BCUT2D eigenvalue weighted by atomic mass is 32.2. The number of aryl methyl sites for hydroxylation is 1. The largest absolute Gasteiger partial charge is 0.398 e. The van der Waals surface area contributed by atoms with Crippen molar-refractivity contribution in [3.05, 3.63) is 23.8 Å². The minimum atomic E-state index is 0.577. The molecule has 1 fully saturated rings. The highest BCUT2D eigenvalue weighted by Gasteiger charge is 2.51. The average molecular weight is 324 g/mol. The molecule has 1 aliphatic carbocycles. The van der Waals surface area contributed by atoms with E-state index in [1.54, 1.807) is 14.2 Å². The van der Waals surface area contributed by atoms with Gasteiger partial charge in [-0.1, -0.05) is 13.0 Å². The maximum atomic E-state index is 6.13. The Morgan fingerprint density at radius 1 is 1.14 bits per heavy atom. The summed E-state index contributed by atoms with van der Waals surface area (Å²) in [6, 6.07) is 6.29. The second kappa shape index (κ2) is 8.23. The van der Waals surface area contributed by atoms with Gasteiger partial charge in [0.2, 0.25) is 0 Å². The number of anilines is 1. The van der Waals surface area contributed by atoms with Crippen molar-refractivity contribution >= 4 is 17.4 Å². The molecule has 4 heteroatoms. The second-order valence-electron chi connectivity index (χ2n) is 6.33. The van der Waals surface area contributed by atoms with Gasteiger partial charge in [0.25, 0.3) is 0 Å². The third kappa shape index (κ3) is 4.40. The predicted octanol–water partition coefficient (Wildman–Crippen LogP) is 3.99. The van der Waals surface area contributed by atoms with Crippen LogP contribution < -0.4 is 5.73 Å². The zero-order valence-corrected chi connectivity index (χ0v) is 15.0. The molecule has 0 amide bonds. The van der Waals surface area contributed by atoms with Crippen molar-refractivity contribution in [3.63, 3.8) is 0 Å². The summed E-state index contributed by atoms with van der Waals surface area (Å²) in [5, 5.41) is 0.577. The minimum absolute atomic E-state index is 0.577. The number of hydrogen-bond acceptors (Lipinski definition) is 4. The lowest BCUT2D eigenvalue weighted by Crippen LogP contribution is -2.05. The first-order chi connectivity index (χ1) is 10.6. The lowest BCUT2D eigenvalue weighted by atomic mass is 10.2. The quantitative estimate of drug-likeness (QED) is 0.551. The van der Waals surface area contributed by atoms with Gasteiger partial charge in [-0.3, -0.25) is 0 Å². The zero-order valence-electron chi connectivity index (χ0n) is 14.2. The molecule has 0 radical (unpaired) electrons. The number of ether oxygens (including phenoxy) is 2. The molecule has 0 saturated heterocycles. The van der Waals surface area contributed by atoms with Crippen molar-refractivity contribution in [3.8, 4) is 0 Å². The fourth-order valence-electron chi connectivity index (χ4n) is 3.51. The first kappa shape index (κ1) is 17.6. The fourth-order valence-corrected chi connectivity index (χ4v) is 4.93. The molecule has 0 spiro atoms. The second-order valence-corrected chi connectivity index (χ2v) is 7.75. The topological polar surface area (TPSA) is 44.5 Å². The van der Waals surface area contributed by atoms with Crippen molar-refractivity contribution in [1.82, 2.24) is 0 Å². The highest BCUT2D eigenvalue weighted by Crippen LogP contribution is 2.56. The Hall–Kier alpha value is -0.710. The molecule has 3 atom stereocenters. The number of thioether (sulfide) groups is 1. The van der Waals surface area contributed by atoms with Crippen LogP contribution in [-0.2, 0) is 9.47 Å². The summed E-state index contributed by atoms with van der Waals surface area (Å²) in [5.41, 5.74) is 8.29. The molecule has 0 bridgehead atoms. The Morgan fingerprint density at radius 3 is 2.27 bits per heavy atom. The number of methoxy groups -OCH3 is 2. The van der Waals surface area contributed by atoms with Gasteiger partial charge in [-0.2, -0.15) is 0 Å². The molecule has 1 aromatic rings. The highest BCUT2D eigenvalue weighted by molar-refractivity contribution is 8.00. The van der Waals surface area contributed by atoms with Gasteiger partial charge < -0.3 is 15.2 Å². The Morgan fingerprint density at radius 2 is 1.73 bits per heavy atom. The van der Waals surface area contributed by atoms with Crippen molar-refractivity contribution < 1.29 is 9.47 Å². The molecule has 0 aromatic heterocycles. The Kier molecular flexibility index (Phi) is 6.60. The van der Waals surface area contributed by atoms with Crippen LogP contribution in [0.25, 0.3) is 0 Å². The normalized spacial score (nSPS) is 25.2. The third-order valence-electron chi connectivity index (χ3n) is 4.73. The number of hydrogen-bond donors (Lipinski definition) is 1. The molecule has 3 nitrogen and oxygen atoms in total. The van der Waals surface area contributed by atoms with Gasteiger partial charge in [-0.15, -0.1) is 11.8 Å². The van der Waals surface area contributed by atoms with Crippen molar-refractivity contribution in [1.29, 1.82) is 0 Å². The van der Waals surface area contributed by atoms with E-state index >= 15 is 0 Å². The van der Waals surface area contributed by atoms with Crippen LogP contribution in [-0.4, -0.2) is 32.7 Å². The van der Waals surface area contributed by atoms with Crippen LogP contribution in [0.4, 0.5) is 5.69 Å². The lowest BCUT2D eigenvalue weighted by Gasteiger charge is -2.14. The van der Waals surface area contributed by atoms with Crippen molar-refractivity contribution in [2.24, 2.45) is 17.8 Å². The molecule has 2 N–H and O–H groups in total.